The first-order valence-electron chi connectivity index (χ1n) is 6.05. The van der Waals surface area contributed by atoms with Gasteiger partial charge in [0.15, 0.2) is 0 Å². The van der Waals surface area contributed by atoms with E-state index in [-0.39, 0.29) is 6.42 Å². The van der Waals surface area contributed by atoms with Crippen molar-refractivity contribution in [1.29, 1.82) is 0 Å². The summed E-state index contributed by atoms with van der Waals surface area (Å²) >= 11 is 1.20. The quantitative estimate of drug-likeness (QED) is 0.881. The van der Waals surface area contributed by atoms with E-state index in [4.69, 9.17) is 0 Å². The molecule has 0 aliphatic heterocycles. The molecule has 5 nitrogen and oxygen atoms in total. The van der Waals surface area contributed by atoms with Crippen molar-refractivity contribution in [3.63, 3.8) is 0 Å². The van der Waals surface area contributed by atoms with E-state index in [1.54, 1.807) is 12.4 Å². The molecule has 0 saturated carbocycles. The Balaban J connectivity index is 2.09. The van der Waals surface area contributed by atoms with Crippen LogP contribution < -0.4 is 5.32 Å². The molecule has 6 heteroatoms. The Bertz CT molecular complexity index is 610. The summed E-state index contributed by atoms with van der Waals surface area (Å²) in [7, 11) is 0. The molecule has 0 fully saturated rings. The fourth-order valence-electron chi connectivity index (χ4n) is 1.79. The molecular formula is C14H14N2O3S. The number of benzene rings is 1. The average molecular weight is 290 g/mol. The number of aromatic nitrogens is 1. The lowest BCUT2D eigenvalue weighted by Gasteiger charge is -2.14. The molecule has 0 radical (unpaired) electrons. The van der Waals surface area contributed by atoms with Crippen LogP contribution in [0.2, 0.25) is 0 Å². The predicted molar refractivity (Wildman–Crippen MR) is 75.9 cm³/mol. The maximum atomic E-state index is 12.0. The molecule has 1 heterocycles. The number of hydrogen-bond donors (Lipinski definition) is 2. The Morgan fingerprint density at radius 2 is 2.05 bits per heavy atom. The third-order valence-electron chi connectivity index (χ3n) is 2.84. The van der Waals surface area contributed by atoms with Gasteiger partial charge in [-0.25, -0.2) is 9.78 Å². The van der Waals surface area contributed by atoms with Crippen LogP contribution >= 0.6 is 11.3 Å². The molecule has 0 bridgehead atoms. The molecule has 2 aromatic rings. The second-order valence-electron chi connectivity index (χ2n) is 4.32. The summed E-state index contributed by atoms with van der Waals surface area (Å²) in [5.41, 5.74) is 3.04. The number of carbonyl (C=O) groups excluding carboxylic acids is 1. The first-order valence-corrected chi connectivity index (χ1v) is 6.93. The van der Waals surface area contributed by atoms with Crippen LogP contribution in [0.15, 0.2) is 35.8 Å². The highest BCUT2D eigenvalue weighted by Gasteiger charge is 2.22. The van der Waals surface area contributed by atoms with E-state index in [2.05, 4.69) is 10.3 Å². The largest absolute Gasteiger partial charge is 0.480 e. The molecule has 1 amide bonds. The molecule has 2 rings (SSSR count). The van der Waals surface area contributed by atoms with Crippen molar-refractivity contribution in [3.05, 3.63) is 52.0 Å². The zero-order valence-electron chi connectivity index (χ0n) is 10.9. The van der Waals surface area contributed by atoms with Crippen LogP contribution in [-0.2, 0) is 11.2 Å². The highest BCUT2D eigenvalue weighted by molar-refractivity contribution is 7.11. The van der Waals surface area contributed by atoms with Gasteiger partial charge in [0.25, 0.3) is 5.91 Å². The maximum Gasteiger partial charge on any atom is 0.326 e. The summed E-state index contributed by atoms with van der Waals surface area (Å²) < 4.78 is 0. The molecule has 1 aromatic heterocycles. The average Bonchev–Trinajstić information content (AvgIpc) is 2.85. The Kier molecular flexibility index (Phi) is 4.47. The van der Waals surface area contributed by atoms with E-state index in [0.29, 0.717) is 10.6 Å². The van der Waals surface area contributed by atoms with Gasteiger partial charge in [0.1, 0.15) is 10.9 Å². The van der Waals surface area contributed by atoms with Gasteiger partial charge in [0.2, 0.25) is 0 Å². The molecular weight excluding hydrogens is 276 g/mol. The first kappa shape index (κ1) is 14.2. The van der Waals surface area contributed by atoms with E-state index in [1.165, 1.54) is 11.3 Å². The van der Waals surface area contributed by atoms with Crippen molar-refractivity contribution >= 4 is 23.2 Å². The Hall–Kier alpha value is -2.21. The number of amides is 1. The number of thiazole rings is 1. The minimum Gasteiger partial charge on any atom is -0.480 e. The van der Waals surface area contributed by atoms with Gasteiger partial charge in [-0.1, -0.05) is 30.3 Å². The smallest absolute Gasteiger partial charge is 0.326 e. The molecule has 104 valence electrons. The van der Waals surface area contributed by atoms with Crippen molar-refractivity contribution in [3.8, 4) is 0 Å². The Morgan fingerprint density at radius 1 is 1.35 bits per heavy atom. The van der Waals surface area contributed by atoms with Gasteiger partial charge in [-0.3, -0.25) is 4.79 Å². The first-order chi connectivity index (χ1) is 9.58. The number of carbonyl (C=O) groups is 2. The summed E-state index contributed by atoms with van der Waals surface area (Å²) in [5.74, 6) is -1.45. The summed E-state index contributed by atoms with van der Waals surface area (Å²) in [6, 6.07) is 8.25. The zero-order valence-corrected chi connectivity index (χ0v) is 11.7. The monoisotopic (exact) mass is 290 g/mol. The van der Waals surface area contributed by atoms with E-state index in [9.17, 15) is 14.7 Å². The number of rotatable bonds is 5. The van der Waals surface area contributed by atoms with E-state index in [0.717, 1.165) is 5.56 Å². The molecule has 0 aliphatic carbocycles. The van der Waals surface area contributed by atoms with Crippen LogP contribution in [0.5, 0.6) is 0 Å². The van der Waals surface area contributed by atoms with Crippen molar-refractivity contribution < 1.29 is 14.7 Å². The number of carboxylic acids is 1. The van der Waals surface area contributed by atoms with E-state index in [1.807, 2.05) is 30.3 Å². The molecule has 0 aliphatic rings. The second-order valence-corrected chi connectivity index (χ2v) is 5.18. The highest BCUT2D eigenvalue weighted by Crippen LogP contribution is 2.12. The standard InChI is InChI=1S/C14H14N2O3S/c1-9-12(20-8-15-9)13(17)16-11(14(18)19)7-10-5-3-2-4-6-10/h2-6,8,11H,7H2,1H3,(H,16,17)(H,18,19)/t11-/m1/s1. The Labute approximate surface area is 120 Å². The number of hydrogen-bond acceptors (Lipinski definition) is 4. The number of nitrogens with one attached hydrogen (secondary N) is 1. The third kappa shape index (κ3) is 3.42. The zero-order chi connectivity index (χ0) is 14.5. The summed E-state index contributed by atoms with van der Waals surface area (Å²) in [5, 5.41) is 11.8. The molecule has 20 heavy (non-hydrogen) atoms. The number of aryl methyl sites for hydroxylation is 1. The molecule has 1 aromatic carbocycles. The normalized spacial score (nSPS) is 11.8. The van der Waals surface area contributed by atoms with Gasteiger partial charge in [-0.15, -0.1) is 11.3 Å². The van der Waals surface area contributed by atoms with Crippen molar-refractivity contribution in [2.45, 2.75) is 19.4 Å². The second kappa shape index (κ2) is 6.29. The van der Waals surface area contributed by atoms with Crippen molar-refractivity contribution in [2.75, 3.05) is 0 Å². The molecule has 2 N–H and O–H groups in total. The van der Waals surface area contributed by atoms with E-state index >= 15 is 0 Å². The summed E-state index contributed by atoms with van der Waals surface area (Å²) in [6.45, 7) is 1.72. The fraction of sp³-hybridized carbons (Fsp3) is 0.214. The number of carboxylic acid groups (broad SMARTS) is 1. The summed E-state index contributed by atoms with van der Waals surface area (Å²) in [4.78, 5) is 27.7. The van der Waals surface area contributed by atoms with Gasteiger partial charge in [-0.05, 0) is 12.5 Å². The lowest BCUT2D eigenvalue weighted by Crippen LogP contribution is -2.42. The van der Waals surface area contributed by atoms with Gasteiger partial charge in [-0.2, -0.15) is 0 Å². The van der Waals surface area contributed by atoms with Crippen LogP contribution in [0, 0.1) is 6.92 Å². The van der Waals surface area contributed by atoms with Crippen LogP contribution in [0.1, 0.15) is 20.9 Å². The molecule has 0 saturated heterocycles. The third-order valence-corrected chi connectivity index (χ3v) is 3.77. The SMILES string of the molecule is Cc1ncsc1C(=O)N[C@H](Cc1ccccc1)C(=O)O. The van der Waals surface area contributed by atoms with Crippen LogP contribution in [0.3, 0.4) is 0 Å². The minimum atomic E-state index is -1.05. The lowest BCUT2D eigenvalue weighted by molar-refractivity contribution is -0.139. The maximum absolute atomic E-state index is 12.0. The summed E-state index contributed by atoms with van der Waals surface area (Å²) in [6.07, 6.45) is 0.250. The number of aliphatic carboxylic acids is 1. The van der Waals surface area contributed by atoms with Crippen molar-refractivity contribution in [1.82, 2.24) is 10.3 Å². The van der Waals surface area contributed by atoms with Gasteiger partial charge < -0.3 is 10.4 Å². The van der Waals surface area contributed by atoms with Crippen LogP contribution in [-0.4, -0.2) is 28.0 Å². The van der Waals surface area contributed by atoms with E-state index < -0.39 is 17.9 Å². The predicted octanol–water partition coefficient (Wildman–Crippen LogP) is 1.88. The number of nitrogens with zero attached hydrogens (tertiary/aromatic N) is 1. The molecule has 0 spiro atoms. The highest BCUT2D eigenvalue weighted by atomic mass is 32.1. The van der Waals surface area contributed by atoms with Crippen LogP contribution in [0.4, 0.5) is 0 Å². The van der Waals surface area contributed by atoms with Gasteiger partial charge >= 0.3 is 5.97 Å². The molecule has 0 unspecified atom stereocenters. The lowest BCUT2D eigenvalue weighted by atomic mass is 10.1. The van der Waals surface area contributed by atoms with Gasteiger partial charge in [0, 0.05) is 6.42 Å². The van der Waals surface area contributed by atoms with Gasteiger partial charge in [0.05, 0.1) is 11.2 Å². The fourth-order valence-corrected chi connectivity index (χ4v) is 2.50. The van der Waals surface area contributed by atoms with Crippen molar-refractivity contribution in [2.24, 2.45) is 0 Å². The molecule has 1 atom stereocenters. The minimum absolute atomic E-state index is 0.250. The topological polar surface area (TPSA) is 79.3 Å². The van der Waals surface area contributed by atoms with Crippen LogP contribution in [0.25, 0.3) is 0 Å². The Morgan fingerprint density at radius 3 is 2.60 bits per heavy atom.